The molecule has 6 heteroatoms. The van der Waals surface area contributed by atoms with E-state index >= 15 is 0 Å². The standard InChI is InChI=1S/C24H28ClN3O2/c1-16(29)27-22-15-24(20-5-3-2-4-19(20)22)10-12-28(13-11-24)23(30)21(26)14-17-6-8-18(25)9-7-17/h2-9,21-22H,10-15,26H2,1H3,(H,27,29). The lowest BCUT2D eigenvalue weighted by atomic mass is 9.73. The number of nitrogens with two attached hydrogens (primary N) is 1. The van der Waals surface area contributed by atoms with Crippen LogP contribution < -0.4 is 11.1 Å². The summed E-state index contributed by atoms with van der Waals surface area (Å²) < 4.78 is 0. The highest BCUT2D eigenvalue weighted by atomic mass is 35.5. The quantitative estimate of drug-likeness (QED) is 0.788. The van der Waals surface area contributed by atoms with Gasteiger partial charge in [0.05, 0.1) is 12.1 Å². The predicted octanol–water partition coefficient (Wildman–Crippen LogP) is 3.35. The summed E-state index contributed by atoms with van der Waals surface area (Å²) in [4.78, 5) is 26.5. The zero-order valence-electron chi connectivity index (χ0n) is 17.2. The summed E-state index contributed by atoms with van der Waals surface area (Å²) in [7, 11) is 0. The van der Waals surface area contributed by atoms with Gasteiger partial charge in [0.25, 0.3) is 0 Å². The second-order valence-electron chi connectivity index (χ2n) is 8.59. The van der Waals surface area contributed by atoms with Gasteiger partial charge in [-0.15, -0.1) is 0 Å². The fourth-order valence-corrected chi connectivity index (χ4v) is 5.22. The number of amides is 2. The van der Waals surface area contributed by atoms with Crippen LogP contribution in [0.25, 0.3) is 0 Å². The normalized spacial score (nSPS) is 20.6. The molecule has 2 aromatic carbocycles. The van der Waals surface area contributed by atoms with Gasteiger partial charge >= 0.3 is 0 Å². The molecule has 0 radical (unpaired) electrons. The van der Waals surface area contributed by atoms with Crippen molar-refractivity contribution >= 4 is 23.4 Å². The van der Waals surface area contributed by atoms with Crippen LogP contribution in [0.2, 0.25) is 5.02 Å². The van der Waals surface area contributed by atoms with Crippen LogP contribution in [0.4, 0.5) is 0 Å². The summed E-state index contributed by atoms with van der Waals surface area (Å²) in [6, 6.07) is 15.4. The number of likely N-dealkylation sites (tertiary alicyclic amines) is 1. The summed E-state index contributed by atoms with van der Waals surface area (Å²) in [5, 5.41) is 3.78. The molecule has 3 N–H and O–H groups in total. The van der Waals surface area contributed by atoms with Gasteiger partial charge in [0.1, 0.15) is 0 Å². The number of fused-ring (bicyclic) bond motifs is 2. The predicted molar refractivity (Wildman–Crippen MR) is 118 cm³/mol. The Hall–Kier alpha value is -2.37. The Balaban J connectivity index is 1.42. The second kappa shape index (κ2) is 8.40. The Morgan fingerprint density at radius 1 is 1.17 bits per heavy atom. The van der Waals surface area contributed by atoms with Gasteiger partial charge in [-0.25, -0.2) is 0 Å². The van der Waals surface area contributed by atoms with Gasteiger partial charge in [-0.1, -0.05) is 48.0 Å². The van der Waals surface area contributed by atoms with Crippen molar-refractivity contribution in [2.24, 2.45) is 5.73 Å². The van der Waals surface area contributed by atoms with Crippen molar-refractivity contribution in [2.45, 2.75) is 50.1 Å². The van der Waals surface area contributed by atoms with Gasteiger partial charge in [-0.05, 0) is 54.5 Å². The Kier molecular flexibility index (Phi) is 5.85. The maximum Gasteiger partial charge on any atom is 0.239 e. The maximum atomic E-state index is 12.9. The third-order valence-corrected chi connectivity index (χ3v) is 6.85. The Morgan fingerprint density at radius 2 is 1.83 bits per heavy atom. The van der Waals surface area contributed by atoms with Crippen LogP contribution in [0.5, 0.6) is 0 Å². The number of carbonyl (C=O) groups excluding carboxylic acids is 2. The molecule has 0 saturated carbocycles. The van der Waals surface area contributed by atoms with Gasteiger partial charge < -0.3 is 16.0 Å². The molecule has 158 valence electrons. The molecule has 2 atom stereocenters. The average Bonchev–Trinajstić information content (AvgIpc) is 3.02. The highest BCUT2D eigenvalue weighted by Crippen LogP contribution is 2.50. The maximum absolute atomic E-state index is 12.9. The lowest BCUT2D eigenvalue weighted by Crippen LogP contribution is -2.50. The molecule has 0 aromatic heterocycles. The van der Waals surface area contributed by atoms with Crippen LogP contribution in [0, 0.1) is 0 Å². The molecule has 30 heavy (non-hydrogen) atoms. The smallest absolute Gasteiger partial charge is 0.239 e. The number of benzene rings is 2. The highest BCUT2D eigenvalue weighted by Gasteiger charge is 2.46. The fraction of sp³-hybridized carbons (Fsp3) is 0.417. The first-order valence-electron chi connectivity index (χ1n) is 10.5. The molecule has 1 saturated heterocycles. The minimum absolute atomic E-state index is 0.00416. The van der Waals surface area contributed by atoms with E-state index in [-0.39, 0.29) is 23.3 Å². The zero-order chi connectivity index (χ0) is 21.3. The Bertz CT molecular complexity index is 936. The van der Waals surface area contributed by atoms with Crippen LogP contribution in [-0.2, 0) is 21.4 Å². The summed E-state index contributed by atoms with van der Waals surface area (Å²) in [5.41, 5.74) is 9.81. The Labute approximate surface area is 182 Å². The Morgan fingerprint density at radius 3 is 2.50 bits per heavy atom. The number of nitrogens with zero attached hydrogens (tertiary/aromatic N) is 1. The van der Waals surface area contributed by atoms with E-state index in [1.807, 2.05) is 35.2 Å². The van der Waals surface area contributed by atoms with E-state index in [0.717, 1.165) is 24.8 Å². The number of hydrogen-bond donors (Lipinski definition) is 2. The van der Waals surface area contributed by atoms with Crippen LogP contribution in [0.15, 0.2) is 48.5 Å². The van der Waals surface area contributed by atoms with Crippen molar-refractivity contribution in [3.05, 3.63) is 70.2 Å². The lowest BCUT2D eigenvalue weighted by Gasteiger charge is -2.41. The molecule has 5 nitrogen and oxygen atoms in total. The summed E-state index contributed by atoms with van der Waals surface area (Å²) >= 11 is 5.94. The number of piperidine rings is 1. The molecular formula is C24H28ClN3O2. The van der Waals surface area contributed by atoms with Crippen molar-refractivity contribution in [3.8, 4) is 0 Å². The molecule has 1 heterocycles. The van der Waals surface area contributed by atoms with E-state index in [1.165, 1.54) is 11.1 Å². The van der Waals surface area contributed by atoms with Gasteiger partial charge in [0, 0.05) is 30.5 Å². The number of rotatable bonds is 4. The minimum Gasteiger partial charge on any atom is -0.349 e. The number of halogens is 1. The van der Waals surface area contributed by atoms with Crippen molar-refractivity contribution in [1.82, 2.24) is 10.2 Å². The van der Waals surface area contributed by atoms with Gasteiger partial charge in [-0.2, -0.15) is 0 Å². The van der Waals surface area contributed by atoms with Crippen molar-refractivity contribution in [2.75, 3.05) is 13.1 Å². The van der Waals surface area contributed by atoms with Crippen molar-refractivity contribution < 1.29 is 9.59 Å². The summed E-state index contributed by atoms with van der Waals surface area (Å²) in [6.45, 7) is 2.94. The van der Waals surface area contributed by atoms with Crippen LogP contribution in [0.3, 0.4) is 0 Å². The van der Waals surface area contributed by atoms with E-state index in [1.54, 1.807) is 6.92 Å². The topological polar surface area (TPSA) is 75.4 Å². The molecule has 1 aliphatic heterocycles. The molecule has 2 unspecified atom stereocenters. The van der Waals surface area contributed by atoms with Crippen LogP contribution in [-0.4, -0.2) is 35.8 Å². The number of carbonyl (C=O) groups is 2. The highest BCUT2D eigenvalue weighted by molar-refractivity contribution is 6.30. The number of nitrogens with one attached hydrogen (secondary N) is 1. The molecule has 2 aromatic rings. The first-order chi connectivity index (χ1) is 14.4. The molecule has 2 amide bonds. The molecule has 1 spiro atoms. The first kappa shape index (κ1) is 20.9. The molecule has 1 aliphatic carbocycles. The van der Waals surface area contributed by atoms with Crippen LogP contribution >= 0.6 is 11.6 Å². The molecule has 0 bridgehead atoms. The fourth-order valence-electron chi connectivity index (χ4n) is 5.09. The van der Waals surface area contributed by atoms with Gasteiger partial charge in [-0.3, -0.25) is 9.59 Å². The minimum atomic E-state index is -0.553. The van der Waals surface area contributed by atoms with E-state index in [2.05, 4.69) is 23.5 Å². The third kappa shape index (κ3) is 4.09. The monoisotopic (exact) mass is 425 g/mol. The number of hydrogen-bond acceptors (Lipinski definition) is 3. The van der Waals surface area contributed by atoms with Crippen molar-refractivity contribution in [3.63, 3.8) is 0 Å². The van der Waals surface area contributed by atoms with Crippen LogP contribution in [0.1, 0.15) is 48.9 Å². The van der Waals surface area contributed by atoms with E-state index in [4.69, 9.17) is 17.3 Å². The molecule has 2 aliphatic rings. The second-order valence-corrected chi connectivity index (χ2v) is 9.02. The summed E-state index contributed by atoms with van der Waals surface area (Å²) in [5.74, 6) is -0.00265. The molecule has 1 fully saturated rings. The van der Waals surface area contributed by atoms with Crippen molar-refractivity contribution in [1.29, 1.82) is 0 Å². The molecular weight excluding hydrogens is 398 g/mol. The summed E-state index contributed by atoms with van der Waals surface area (Å²) in [6.07, 6.45) is 3.18. The first-order valence-corrected chi connectivity index (χ1v) is 10.9. The lowest BCUT2D eigenvalue weighted by molar-refractivity contribution is -0.134. The zero-order valence-corrected chi connectivity index (χ0v) is 18.0. The van der Waals surface area contributed by atoms with E-state index in [0.29, 0.717) is 24.5 Å². The van der Waals surface area contributed by atoms with E-state index in [9.17, 15) is 9.59 Å². The SMILES string of the molecule is CC(=O)NC1CC2(CCN(C(=O)C(N)Cc3ccc(Cl)cc3)CC2)c2ccccc21. The van der Waals surface area contributed by atoms with Gasteiger partial charge in [0.15, 0.2) is 0 Å². The molecule has 4 rings (SSSR count). The largest absolute Gasteiger partial charge is 0.349 e. The van der Waals surface area contributed by atoms with Gasteiger partial charge in [0.2, 0.25) is 11.8 Å². The third-order valence-electron chi connectivity index (χ3n) is 6.60. The average molecular weight is 426 g/mol. The van der Waals surface area contributed by atoms with E-state index < -0.39 is 6.04 Å².